The van der Waals surface area contributed by atoms with Crippen molar-refractivity contribution in [2.75, 3.05) is 20.0 Å². The van der Waals surface area contributed by atoms with Crippen molar-refractivity contribution < 1.29 is 49.1 Å². The minimum absolute atomic E-state index is 0. The molecular formula is C9H11N2NaO5. The predicted octanol–water partition coefficient (Wildman–Crippen LogP) is -3.06. The van der Waals surface area contributed by atoms with Gasteiger partial charge in [-0.25, -0.2) is 4.79 Å². The van der Waals surface area contributed by atoms with Crippen LogP contribution in [-0.4, -0.2) is 25.1 Å². The second-order valence-corrected chi connectivity index (χ2v) is 2.49. The summed E-state index contributed by atoms with van der Waals surface area (Å²) in [5.74, 6) is -0.689. The van der Waals surface area contributed by atoms with Gasteiger partial charge in [-0.3, -0.25) is 10.1 Å². The summed E-state index contributed by atoms with van der Waals surface area (Å²) in [6.07, 6.45) is 0. The fourth-order valence-corrected chi connectivity index (χ4v) is 1.00. The van der Waals surface area contributed by atoms with E-state index in [1.54, 1.807) is 0 Å². The van der Waals surface area contributed by atoms with E-state index in [1.807, 2.05) is 0 Å². The fraction of sp³-hybridized carbons (Fsp3) is 0.222. The van der Waals surface area contributed by atoms with Crippen LogP contribution in [0.4, 0.5) is 11.4 Å². The van der Waals surface area contributed by atoms with Gasteiger partial charge in [-0.2, -0.15) is 7.11 Å². The van der Waals surface area contributed by atoms with Crippen molar-refractivity contribution in [1.82, 2.24) is 0 Å². The first-order valence-electron chi connectivity index (χ1n) is 4.10. The summed E-state index contributed by atoms with van der Waals surface area (Å²) in [6, 6.07) is 3.97. The zero-order valence-corrected chi connectivity index (χ0v) is 11.8. The van der Waals surface area contributed by atoms with E-state index in [4.69, 9.17) is 10.8 Å². The van der Waals surface area contributed by atoms with Crippen LogP contribution in [0.25, 0.3) is 0 Å². The van der Waals surface area contributed by atoms with Crippen LogP contribution < -0.4 is 40.4 Å². The summed E-state index contributed by atoms with van der Waals surface area (Å²) in [7, 11) is 1.93. The summed E-state index contributed by atoms with van der Waals surface area (Å²) in [5.41, 5.74) is 4.95. The van der Waals surface area contributed by atoms with Gasteiger partial charge in [0, 0.05) is 6.07 Å². The number of hydrogen-bond acceptors (Lipinski definition) is 6. The number of anilines is 1. The zero-order chi connectivity index (χ0) is 12.7. The Morgan fingerprint density at radius 1 is 1.41 bits per heavy atom. The fourth-order valence-electron chi connectivity index (χ4n) is 1.00. The molecule has 7 nitrogen and oxygen atoms in total. The van der Waals surface area contributed by atoms with Gasteiger partial charge in [0.1, 0.15) is 5.69 Å². The number of carbonyl (C=O) groups is 1. The number of nitrogens with two attached hydrogens (primary N) is 1. The summed E-state index contributed by atoms with van der Waals surface area (Å²) in [6.45, 7) is 0. The van der Waals surface area contributed by atoms with Crippen LogP contribution in [0.5, 0.6) is 0 Å². The molecule has 0 aliphatic rings. The number of methoxy groups -OCH3 is 1. The largest absolute Gasteiger partial charge is 1.00 e. The molecule has 8 heteroatoms. The van der Waals surface area contributed by atoms with Gasteiger partial charge < -0.3 is 15.6 Å². The molecule has 0 amide bonds. The van der Waals surface area contributed by atoms with E-state index < -0.39 is 10.9 Å². The van der Waals surface area contributed by atoms with E-state index in [0.717, 1.165) is 7.11 Å². The predicted molar refractivity (Wildman–Crippen MR) is 54.8 cm³/mol. The molecule has 88 valence electrons. The first-order chi connectivity index (χ1) is 7.57. The van der Waals surface area contributed by atoms with Crippen molar-refractivity contribution in [1.29, 1.82) is 0 Å². The van der Waals surface area contributed by atoms with Gasteiger partial charge >= 0.3 is 35.5 Å². The summed E-state index contributed by atoms with van der Waals surface area (Å²) < 4.78 is 4.41. The van der Waals surface area contributed by atoms with Gasteiger partial charge in [0.15, 0.2) is 0 Å². The van der Waals surface area contributed by atoms with Crippen molar-refractivity contribution in [3.05, 3.63) is 33.9 Å². The number of nitrogens with zero attached hydrogens (tertiary/aromatic N) is 1. The van der Waals surface area contributed by atoms with Crippen molar-refractivity contribution in [3.8, 4) is 0 Å². The molecule has 0 heterocycles. The Bertz CT molecular complexity index is 397. The van der Waals surface area contributed by atoms with Crippen LogP contribution in [-0.2, 0) is 4.74 Å². The summed E-state index contributed by atoms with van der Waals surface area (Å²) in [4.78, 5) is 20.9. The Morgan fingerprint density at radius 3 is 2.35 bits per heavy atom. The molecular weight excluding hydrogens is 239 g/mol. The Hall–Kier alpha value is -1.15. The van der Waals surface area contributed by atoms with Crippen LogP contribution in [0.1, 0.15) is 10.4 Å². The van der Waals surface area contributed by atoms with Crippen molar-refractivity contribution in [2.45, 2.75) is 0 Å². The minimum atomic E-state index is -0.689. The molecule has 1 aromatic rings. The van der Waals surface area contributed by atoms with E-state index in [0.29, 0.717) is 0 Å². The molecule has 0 unspecified atom stereocenters. The number of rotatable bonds is 2. The van der Waals surface area contributed by atoms with E-state index in [-0.39, 0.29) is 46.5 Å². The standard InChI is InChI=1S/C8H8N2O4.CH3O.Na/c1-14-8(11)5-3-2-4-6(7(5)9)10(12)13;1-2;/h2-4H,9H2,1H3;1H3;/q;-1;+1. The van der Waals surface area contributed by atoms with Crippen LogP contribution >= 0.6 is 0 Å². The van der Waals surface area contributed by atoms with Gasteiger partial charge in [-0.1, -0.05) is 6.07 Å². The molecule has 2 N–H and O–H groups in total. The molecule has 0 spiro atoms. The minimum Gasteiger partial charge on any atom is -0.857 e. The number of nitro benzene ring substituents is 1. The van der Waals surface area contributed by atoms with Crippen molar-refractivity contribution in [2.24, 2.45) is 0 Å². The average Bonchev–Trinajstić information content (AvgIpc) is 2.30. The maximum Gasteiger partial charge on any atom is 1.00 e. The molecule has 17 heavy (non-hydrogen) atoms. The molecule has 1 aromatic carbocycles. The second-order valence-electron chi connectivity index (χ2n) is 2.49. The van der Waals surface area contributed by atoms with Gasteiger partial charge in [0.05, 0.1) is 17.6 Å². The van der Waals surface area contributed by atoms with Gasteiger partial charge in [-0.05, 0) is 6.07 Å². The Labute approximate surface area is 120 Å². The molecule has 0 bridgehead atoms. The molecule has 0 aliphatic carbocycles. The summed E-state index contributed by atoms with van der Waals surface area (Å²) >= 11 is 0. The summed E-state index contributed by atoms with van der Waals surface area (Å²) in [5, 5.41) is 18.7. The van der Waals surface area contributed by atoms with Crippen LogP contribution in [0.15, 0.2) is 18.2 Å². The number of carbonyl (C=O) groups excluding carboxylic acids is 1. The van der Waals surface area contributed by atoms with E-state index in [2.05, 4.69) is 4.74 Å². The van der Waals surface area contributed by atoms with Crippen LogP contribution in [0.3, 0.4) is 0 Å². The zero-order valence-electron chi connectivity index (χ0n) is 9.80. The molecule has 0 fully saturated rings. The van der Waals surface area contributed by atoms with E-state index in [9.17, 15) is 14.9 Å². The smallest absolute Gasteiger partial charge is 0.857 e. The third-order valence-corrected chi connectivity index (χ3v) is 1.69. The molecule has 0 aliphatic heterocycles. The van der Waals surface area contributed by atoms with E-state index in [1.165, 1.54) is 25.3 Å². The van der Waals surface area contributed by atoms with E-state index >= 15 is 0 Å². The van der Waals surface area contributed by atoms with Gasteiger partial charge in [0.2, 0.25) is 0 Å². The first-order valence-corrected chi connectivity index (χ1v) is 4.10. The third kappa shape index (κ3) is 4.70. The number of ether oxygens (including phenoxy) is 1. The molecule has 0 radical (unpaired) electrons. The average molecular weight is 250 g/mol. The topological polar surface area (TPSA) is 119 Å². The SMILES string of the molecule is COC(=O)c1cccc([N+](=O)[O-])c1N.C[O-].[Na+]. The maximum atomic E-state index is 11.1. The van der Waals surface area contributed by atoms with Crippen LogP contribution in [0, 0.1) is 10.1 Å². The Morgan fingerprint density at radius 2 is 1.94 bits per heavy atom. The maximum absolute atomic E-state index is 11.1. The number of benzene rings is 1. The molecule has 0 aromatic heterocycles. The molecule has 0 saturated heterocycles. The Kier molecular flexibility index (Phi) is 9.58. The van der Waals surface area contributed by atoms with Gasteiger partial charge in [0.25, 0.3) is 5.69 Å². The van der Waals surface area contributed by atoms with Crippen LogP contribution in [0.2, 0.25) is 0 Å². The first kappa shape index (κ1) is 18.2. The second kappa shape index (κ2) is 8.94. The quantitative estimate of drug-likeness (QED) is 0.196. The number of para-hydroxylation sites is 1. The third-order valence-electron chi connectivity index (χ3n) is 1.69. The number of hydrogen-bond donors (Lipinski definition) is 1. The number of nitrogen functional groups attached to an aromatic ring is 1. The normalized spacial score (nSPS) is 8.18. The monoisotopic (exact) mass is 250 g/mol. The Balaban J connectivity index is 0. The number of nitro groups is 1. The molecule has 0 saturated carbocycles. The molecule has 0 atom stereocenters. The van der Waals surface area contributed by atoms with Crippen molar-refractivity contribution >= 4 is 17.3 Å². The van der Waals surface area contributed by atoms with Crippen molar-refractivity contribution in [3.63, 3.8) is 0 Å². The number of esters is 1. The molecule has 1 rings (SSSR count). The van der Waals surface area contributed by atoms with Gasteiger partial charge in [-0.15, -0.1) is 0 Å².